The summed E-state index contributed by atoms with van der Waals surface area (Å²) in [6, 6.07) is 6.21. The first-order chi connectivity index (χ1) is 11.1. The number of piperazine rings is 1. The number of fused-ring (bicyclic) bond motifs is 1. The Balaban J connectivity index is 1.58. The fourth-order valence-corrected chi connectivity index (χ4v) is 4.06. The van der Waals surface area contributed by atoms with Crippen LogP contribution in [0.1, 0.15) is 5.56 Å². The Morgan fingerprint density at radius 3 is 2.70 bits per heavy atom. The Bertz CT molecular complexity index is 749. The summed E-state index contributed by atoms with van der Waals surface area (Å²) in [5.41, 5.74) is 4.23. The lowest BCUT2D eigenvalue weighted by molar-refractivity contribution is -0.117. The number of thiazole rings is 1. The summed E-state index contributed by atoms with van der Waals surface area (Å²) >= 11 is 1.71. The van der Waals surface area contributed by atoms with Crippen molar-refractivity contribution in [1.29, 1.82) is 0 Å². The number of hydrogen-bond donors (Lipinski definition) is 0. The van der Waals surface area contributed by atoms with Gasteiger partial charge < -0.3 is 14.7 Å². The van der Waals surface area contributed by atoms with Crippen molar-refractivity contribution in [2.24, 2.45) is 0 Å². The minimum absolute atomic E-state index is 0.161. The summed E-state index contributed by atoms with van der Waals surface area (Å²) < 4.78 is 0. The van der Waals surface area contributed by atoms with Crippen LogP contribution in [0.5, 0.6) is 0 Å². The van der Waals surface area contributed by atoms with Gasteiger partial charge in [0.1, 0.15) is 0 Å². The van der Waals surface area contributed by atoms with Crippen LogP contribution in [0.2, 0.25) is 0 Å². The van der Waals surface area contributed by atoms with E-state index >= 15 is 0 Å². The molecule has 4 rings (SSSR count). The molecule has 23 heavy (non-hydrogen) atoms. The molecule has 2 aromatic rings. The normalized spacial score (nSPS) is 18.6. The van der Waals surface area contributed by atoms with Crippen molar-refractivity contribution in [3.05, 3.63) is 29.1 Å². The summed E-state index contributed by atoms with van der Waals surface area (Å²) in [6.07, 6.45) is 0.495. The van der Waals surface area contributed by atoms with Crippen LogP contribution in [0.25, 0.3) is 11.3 Å². The molecule has 1 saturated heterocycles. The van der Waals surface area contributed by atoms with E-state index in [1.54, 1.807) is 16.2 Å². The van der Waals surface area contributed by atoms with Gasteiger partial charge in [0.15, 0.2) is 5.13 Å². The van der Waals surface area contributed by atoms with Gasteiger partial charge in [-0.25, -0.2) is 4.98 Å². The fraction of sp³-hybridized carbons (Fsp3) is 0.412. The zero-order valence-corrected chi connectivity index (χ0v) is 14.3. The number of anilines is 2. The van der Waals surface area contributed by atoms with Crippen LogP contribution in [0, 0.1) is 0 Å². The van der Waals surface area contributed by atoms with Gasteiger partial charge in [-0.3, -0.25) is 4.79 Å². The van der Waals surface area contributed by atoms with Crippen molar-refractivity contribution in [2.75, 3.05) is 50.1 Å². The van der Waals surface area contributed by atoms with Crippen molar-refractivity contribution in [3.63, 3.8) is 0 Å². The molecule has 1 amide bonds. The highest BCUT2D eigenvalue weighted by atomic mass is 32.1. The summed E-state index contributed by atoms with van der Waals surface area (Å²) in [6.45, 7) is 4.24. The largest absolute Gasteiger partial charge is 0.346 e. The van der Waals surface area contributed by atoms with Crippen LogP contribution in [0.3, 0.4) is 0 Å². The Kier molecular flexibility index (Phi) is 3.58. The van der Waals surface area contributed by atoms with Gasteiger partial charge in [0.05, 0.1) is 12.1 Å². The first-order valence-electron chi connectivity index (χ1n) is 7.91. The van der Waals surface area contributed by atoms with Crippen molar-refractivity contribution in [3.8, 4) is 11.3 Å². The Labute approximate surface area is 140 Å². The second-order valence-corrected chi connectivity index (χ2v) is 7.12. The molecule has 0 N–H and O–H groups in total. The first kappa shape index (κ1) is 14.7. The maximum atomic E-state index is 11.8. The van der Waals surface area contributed by atoms with E-state index < -0.39 is 0 Å². The Morgan fingerprint density at radius 1 is 1.13 bits per heavy atom. The zero-order chi connectivity index (χ0) is 16.0. The third kappa shape index (κ3) is 2.62. The first-order valence-corrected chi connectivity index (χ1v) is 8.78. The van der Waals surface area contributed by atoms with E-state index in [0.717, 1.165) is 53.8 Å². The number of aromatic nitrogens is 1. The van der Waals surface area contributed by atoms with Gasteiger partial charge in [-0.15, -0.1) is 11.3 Å². The minimum Gasteiger partial charge on any atom is -0.346 e. The lowest BCUT2D eigenvalue weighted by Crippen LogP contribution is -2.44. The van der Waals surface area contributed by atoms with Crippen LogP contribution >= 0.6 is 11.3 Å². The molecule has 6 heteroatoms. The molecular formula is C17H20N4OS. The lowest BCUT2D eigenvalue weighted by Gasteiger charge is -2.32. The number of carbonyl (C=O) groups is 1. The molecular weight excluding hydrogens is 308 g/mol. The molecule has 2 aliphatic heterocycles. The maximum absolute atomic E-state index is 11.8. The number of likely N-dealkylation sites (N-methyl/N-ethyl adjacent to an activating group) is 2. The van der Waals surface area contributed by atoms with E-state index in [1.807, 2.05) is 13.1 Å². The van der Waals surface area contributed by atoms with E-state index in [-0.39, 0.29) is 5.91 Å². The van der Waals surface area contributed by atoms with Crippen LogP contribution < -0.4 is 9.80 Å². The third-order valence-electron chi connectivity index (χ3n) is 4.72. The van der Waals surface area contributed by atoms with Crippen LogP contribution in [0.4, 0.5) is 10.8 Å². The minimum atomic E-state index is 0.161. The van der Waals surface area contributed by atoms with E-state index in [0.29, 0.717) is 6.42 Å². The molecule has 0 aliphatic carbocycles. The second-order valence-electron chi connectivity index (χ2n) is 6.28. The van der Waals surface area contributed by atoms with Crippen LogP contribution in [0.15, 0.2) is 23.6 Å². The topological polar surface area (TPSA) is 39.7 Å². The van der Waals surface area contributed by atoms with Crippen LogP contribution in [-0.2, 0) is 11.2 Å². The third-order valence-corrected chi connectivity index (χ3v) is 5.62. The standard InChI is InChI=1S/C17H20N4OS/c1-19-5-7-21(8-6-19)17-18-14(11-23-17)12-3-4-15-13(9-12)10-16(22)20(15)2/h3-4,9,11H,5-8,10H2,1-2H3. The molecule has 1 aromatic heterocycles. The van der Waals surface area contributed by atoms with Crippen molar-refractivity contribution in [2.45, 2.75) is 6.42 Å². The summed E-state index contributed by atoms with van der Waals surface area (Å²) in [5, 5.41) is 3.22. The Hall–Kier alpha value is -1.92. The number of nitrogens with zero attached hydrogens (tertiary/aromatic N) is 4. The number of carbonyl (C=O) groups excluding carboxylic acids is 1. The highest BCUT2D eigenvalue weighted by Gasteiger charge is 2.24. The van der Waals surface area contributed by atoms with Crippen molar-refractivity contribution >= 4 is 28.1 Å². The molecule has 2 aliphatic rings. The average molecular weight is 328 g/mol. The smallest absolute Gasteiger partial charge is 0.231 e. The van der Waals surface area contributed by atoms with E-state index in [2.05, 4.69) is 34.4 Å². The van der Waals surface area contributed by atoms with E-state index in [9.17, 15) is 4.79 Å². The molecule has 5 nitrogen and oxygen atoms in total. The summed E-state index contributed by atoms with van der Waals surface area (Å²) in [4.78, 5) is 23.1. The van der Waals surface area contributed by atoms with Crippen LogP contribution in [-0.4, -0.2) is 56.1 Å². The molecule has 0 bridgehead atoms. The molecule has 1 aromatic carbocycles. The molecule has 0 radical (unpaired) electrons. The molecule has 1 fully saturated rings. The van der Waals surface area contributed by atoms with Gasteiger partial charge >= 0.3 is 0 Å². The predicted molar refractivity (Wildman–Crippen MR) is 94.4 cm³/mol. The van der Waals surface area contributed by atoms with Gasteiger partial charge in [0, 0.05) is 49.9 Å². The zero-order valence-electron chi connectivity index (χ0n) is 13.5. The molecule has 0 atom stereocenters. The SMILES string of the molecule is CN1CCN(c2nc(-c3ccc4c(c3)CC(=O)N4C)cs2)CC1. The quantitative estimate of drug-likeness (QED) is 0.846. The molecule has 0 spiro atoms. The van der Waals surface area contributed by atoms with E-state index in [4.69, 9.17) is 4.98 Å². The second kappa shape index (κ2) is 5.62. The summed E-state index contributed by atoms with van der Waals surface area (Å²) in [5.74, 6) is 0.161. The highest BCUT2D eigenvalue weighted by molar-refractivity contribution is 7.14. The number of benzene rings is 1. The fourth-order valence-electron chi connectivity index (χ4n) is 3.17. The van der Waals surface area contributed by atoms with Crippen molar-refractivity contribution < 1.29 is 4.79 Å². The molecule has 0 saturated carbocycles. The van der Waals surface area contributed by atoms with Gasteiger partial charge in [0.2, 0.25) is 5.91 Å². The van der Waals surface area contributed by atoms with Gasteiger partial charge in [-0.05, 0) is 24.7 Å². The monoisotopic (exact) mass is 328 g/mol. The predicted octanol–water partition coefficient (Wildman–Crippen LogP) is 2.08. The average Bonchev–Trinajstić information content (AvgIpc) is 3.14. The van der Waals surface area contributed by atoms with Gasteiger partial charge in [-0.1, -0.05) is 6.07 Å². The maximum Gasteiger partial charge on any atom is 0.231 e. The van der Waals surface area contributed by atoms with Crippen molar-refractivity contribution in [1.82, 2.24) is 9.88 Å². The highest BCUT2D eigenvalue weighted by Crippen LogP contribution is 2.34. The molecule has 120 valence electrons. The number of rotatable bonds is 2. The van der Waals surface area contributed by atoms with Gasteiger partial charge in [0.25, 0.3) is 0 Å². The Morgan fingerprint density at radius 2 is 1.91 bits per heavy atom. The number of amides is 1. The lowest BCUT2D eigenvalue weighted by atomic mass is 10.1. The number of hydrogen-bond acceptors (Lipinski definition) is 5. The summed E-state index contributed by atoms with van der Waals surface area (Å²) in [7, 11) is 4.00. The van der Waals surface area contributed by atoms with E-state index in [1.165, 1.54) is 0 Å². The molecule has 0 unspecified atom stereocenters. The van der Waals surface area contributed by atoms with Gasteiger partial charge in [-0.2, -0.15) is 0 Å². The molecule has 3 heterocycles.